The van der Waals surface area contributed by atoms with Crippen LogP contribution in [0.15, 0.2) is 0 Å². The van der Waals surface area contributed by atoms with Gasteiger partial charge in [-0.2, -0.15) is 21.6 Å². The highest BCUT2D eigenvalue weighted by molar-refractivity contribution is 8.03. The monoisotopic (exact) mass is 387 g/mol. The minimum Gasteiger partial charge on any atom is -0.294 e. The number of carbonyl (C=O) groups excluding carboxylic acids is 1. The van der Waals surface area contributed by atoms with Crippen LogP contribution in [0, 0.1) is 17.8 Å². The Morgan fingerprint density at radius 3 is 2.42 bits per heavy atom. The molecule has 0 saturated heterocycles. The van der Waals surface area contributed by atoms with E-state index in [0.29, 0.717) is 31.1 Å². The first kappa shape index (κ1) is 18.5. The predicted octanol–water partition coefficient (Wildman–Crippen LogP) is 3.33. The van der Waals surface area contributed by atoms with Crippen LogP contribution in [0.25, 0.3) is 0 Å². The molecule has 0 aliphatic heterocycles. The van der Waals surface area contributed by atoms with Crippen molar-refractivity contribution >= 4 is 27.1 Å². The summed E-state index contributed by atoms with van der Waals surface area (Å²) in [4.78, 5) is 12.2. The van der Waals surface area contributed by atoms with Gasteiger partial charge in [0, 0.05) is 18.8 Å². The Balaban J connectivity index is 1.77. The Bertz CT molecular complexity index is 590. The van der Waals surface area contributed by atoms with Crippen LogP contribution in [0.5, 0.6) is 0 Å². The summed E-state index contributed by atoms with van der Waals surface area (Å²) in [5.74, 6) is 1.36. The van der Waals surface area contributed by atoms with Gasteiger partial charge in [-0.3, -0.25) is 4.79 Å². The molecule has 3 fully saturated rings. The Morgan fingerprint density at radius 1 is 1.12 bits per heavy atom. The molecule has 2 bridgehead atoms. The number of hydrogen-bond donors (Lipinski definition) is 0. The van der Waals surface area contributed by atoms with Gasteiger partial charge in [0.25, 0.3) is 0 Å². The first-order valence-electron chi connectivity index (χ1n) is 8.41. The van der Waals surface area contributed by atoms with Crippen molar-refractivity contribution in [2.45, 2.75) is 62.1 Å². The van der Waals surface area contributed by atoms with Crippen molar-refractivity contribution in [3.8, 4) is 0 Å². The molecule has 0 spiro atoms. The van der Waals surface area contributed by atoms with Gasteiger partial charge in [-0.1, -0.05) is 6.42 Å². The number of Topliss-reactive ketones (excluding diaryl/α,β-unsaturated/α-hetero) is 1. The Morgan fingerprint density at radius 2 is 1.88 bits per heavy atom. The topological polar surface area (TPSA) is 60.4 Å². The van der Waals surface area contributed by atoms with Crippen LogP contribution in [0.4, 0.5) is 13.2 Å². The van der Waals surface area contributed by atoms with Crippen molar-refractivity contribution in [2.24, 2.45) is 17.8 Å². The lowest BCUT2D eigenvalue weighted by Gasteiger charge is -2.24. The number of carbonyl (C=O) groups is 1. The van der Waals surface area contributed by atoms with Crippen LogP contribution in [0.1, 0.15) is 51.4 Å². The lowest BCUT2D eigenvalue weighted by molar-refractivity contribution is -0.119. The van der Waals surface area contributed by atoms with E-state index in [9.17, 15) is 26.4 Å². The molecule has 5 atom stereocenters. The Kier molecular flexibility index (Phi) is 5.24. The van der Waals surface area contributed by atoms with E-state index in [4.69, 9.17) is 0 Å². The fraction of sp³-hybridized carbons (Fsp3) is 0.933. The first-order valence-corrected chi connectivity index (χ1v) is 11.2. The normalized spacial score (nSPS) is 35.4. The molecular formula is C15H22F3O4S2+. The lowest BCUT2D eigenvalue weighted by atomic mass is 9.90. The van der Waals surface area contributed by atoms with Gasteiger partial charge in [0.2, 0.25) is 5.25 Å². The average molecular weight is 387 g/mol. The molecule has 0 aromatic heterocycles. The second-order valence-electron chi connectivity index (χ2n) is 7.15. The van der Waals surface area contributed by atoms with Crippen LogP contribution < -0.4 is 0 Å². The molecule has 0 aromatic carbocycles. The Labute approximate surface area is 143 Å². The van der Waals surface area contributed by atoms with Gasteiger partial charge in [0.15, 0.2) is 17.0 Å². The minimum atomic E-state index is -5.66. The number of rotatable bonds is 5. The number of fused-ring (bicyclic) bond motifs is 2. The highest BCUT2D eigenvalue weighted by atomic mass is 32.3. The zero-order valence-corrected chi connectivity index (χ0v) is 14.9. The molecule has 0 heterocycles. The summed E-state index contributed by atoms with van der Waals surface area (Å²) in [6, 6.07) is 0. The van der Waals surface area contributed by atoms with E-state index in [-0.39, 0.29) is 17.5 Å². The van der Waals surface area contributed by atoms with Crippen molar-refractivity contribution < 1.29 is 30.0 Å². The maximum Gasteiger partial charge on any atom is 0.527 e. The number of ketones is 1. The van der Waals surface area contributed by atoms with E-state index in [1.807, 2.05) is 0 Å². The van der Waals surface area contributed by atoms with Crippen LogP contribution in [0.2, 0.25) is 0 Å². The van der Waals surface area contributed by atoms with E-state index < -0.39 is 32.1 Å². The Hall–Kier alpha value is -0.280. The molecule has 0 aromatic rings. The van der Waals surface area contributed by atoms with Crippen molar-refractivity contribution in [1.82, 2.24) is 0 Å². The molecule has 3 saturated carbocycles. The van der Waals surface area contributed by atoms with Gasteiger partial charge in [-0.05, 0) is 47.6 Å². The van der Waals surface area contributed by atoms with E-state index >= 15 is 0 Å². The molecule has 9 heteroatoms. The van der Waals surface area contributed by atoms with Gasteiger partial charge in [-0.15, -0.1) is 0 Å². The SMILES string of the molecule is O=C1CCCCC1[S+](CC1CC2CCC1C2)OS(=O)(=O)C(F)(F)F. The summed E-state index contributed by atoms with van der Waals surface area (Å²) < 4.78 is 65.8. The fourth-order valence-electron chi connectivity index (χ4n) is 4.37. The molecule has 24 heavy (non-hydrogen) atoms. The third kappa shape index (κ3) is 3.77. The maximum atomic E-state index is 12.7. The third-order valence-corrected chi connectivity index (χ3v) is 9.41. The predicted molar refractivity (Wildman–Crippen MR) is 84.5 cm³/mol. The molecule has 0 radical (unpaired) electrons. The van der Waals surface area contributed by atoms with E-state index in [1.54, 1.807) is 0 Å². The molecule has 3 aliphatic carbocycles. The van der Waals surface area contributed by atoms with E-state index in [1.165, 1.54) is 0 Å². The van der Waals surface area contributed by atoms with Crippen LogP contribution >= 0.6 is 0 Å². The highest BCUT2D eigenvalue weighted by Gasteiger charge is 2.56. The summed E-state index contributed by atoms with van der Waals surface area (Å²) in [5, 5.41) is -0.699. The molecule has 0 N–H and O–H groups in total. The molecule has 3 rings (SSSR count). The van der Waals surface area contributed by atoms with Gasteiger partial charge < -0.3 is 0 Å². The summed E-state index contributed by atoms with van der Waals surface area (Å²) in [7, 11) is -5.66. The summed E-state index contributed by atoms with van der Waals surface area (Å²) in [5.41, 5.74) is -5.44. The van der Waals surface area contributed by atoms with Gasteiger partial charge >= 0.3 is 15.6 Å². The number of halogens is 3. The summed E-state index contributed by atoms with van der Waals surface area (Å²) in [6.07, 6.45) is 6.38. The smallest absolute Gasteiger partial charge is 0.294 e. The first-order chi connectivity index (χ1) is 11.2. The molecule has 0 amide bonds. The minimum absolute atomic E-state index is 0.148. The zero-order chi connectivity index (χ0) is 17.5. The molecule has 3 aliphatic rings. The third-order valence-electron chi connectivity index (χ3n) is 5.54. The van der Waals surface area contributed by atoms with Crippen molar-refractivity contribution in [3.05, 3.63) is 0 Å². The zero-order valence-electron chi connectivity index (χ0n) is 13.3. The van der Waals surface area contributed by atoms with Gasteiger partial charge in [0.05, 0.1) is 0 Å². The second kappa shape index (κ2) is 6.79. The second-order valence-corrected chi connectivity index (χ2v) is 10.7. The van der Waals surface area contributed by atoms with E-state index in [2.05, 4.69) is 3.63 Å². The lowest BCUT2D eigenvalue weighted by Crippen LogP contribution is -2.42. The largest absolute Gasteiger partial charge is 0.527 e. The molecule has 138 valence electrons. The number of hydrogen-bond acceptors (Lipinski definition) is 4. The van der Waals surface area contributed by atoms with Crippen molar-refractivity contribution in [2.75, 3.05) is 5.75 Å². The van der Waals surface area contributed by atoms with Crippen molar-refractivity contribution in [1.29, 1.82) is 0 Å². The summed E-state index contributed by atoms with van der Waals surface area (Å²) in [6.45, 7) is 0. The molecular weight excluding hydrogens is 365 g/mol. The quantitative estimate of drug-likeness (QED) is 0.536. The van der Waals surface area contributed by atoms with Gasteiger partial charge in [-0.25, -0.2) is 0 Å². The van der Waals surface area contributed by atoms with E-state index in [0.717, 1.165) is 32.1 Å². The van der Waals surface area contributed by atoms with Crippen LogP contribution in [-0.4, -0.2) is 30.7 Å². The molecule has 5 unspecified atom stereocenters. The highest BCUT2D eigenvalue weighted by Crippen LogP contribution is 2.49. The average Bonchev–Trinajstić information content (AvgIpc) is 3.08. The van der Waals surface area contributed by atoms with Crippen LogP contribution in [-0.2, 0) is 29.7 Å². The summed E-state index contributed by atoms with van der Waals surface area (Å²) >= 11 is -1.51. The number of alkyl halides is 3. The fourth-order valence-corrected chi connectivity index (χ4v) is 8.10. The van der Waals surface area contributed by atoms with Gasteiger partial charge in [0.1, 0.15) is 5.75 Å². The molecule has 4 nitrogen and oxygen atoms in total. The van der Waals surface area contributed by atoms with Crippen molar-refractivity contribution in [3.63, 3.8) is 0 Å². The van der Waals surface area contributed by atoms with Crippen LogP contribution in [0.3, 0.4) is 0 Å². The standard InChI is InChI=1S/C15H22F3O4S2/c16-15(17,18)24(20,21)22-23(14-4-2-1-3-13(14)19)9-12-8-10-5-6-11(12)7-10/h10-12,14H,1-9H2/q+1. The maximum absolute atomic E-state index is 12.7.